The van der Waals surface area contributed by atoms with Crippen LogP contribution < -0.4 is 4.90 Å². The van der Waals surface area contributed by atoms with E-state index < -0.39 is 0 Å². The maximum Gasteiger partial charge on any atom is 0.305 e. The third-order valence-corrected chi connectivity index (χ3v) is 2.89. The number of amides is 1. The first-order valence-electron chi connectivity index (χ1n) is 5.94. The van der Waals surface area contributed by atoms with E-state index in [1.165, 1.54) is 4.90 Å². The minimum absolute atomic E-state index is 0.146. The Kier molecular flexibility index (Phi) is 2.76. The van der Waals surface area contributed by atoms with Crippen LogP contribution in [-0.2, 0) is 0 Å². The molecule has 19 heavy (non-hydrogen) atoms. The first-order valence-corrected chi connectivity index (χ1v) is 5.94. The molecule has 4 nitrogen and oxygen atoms in total. The number of nitrogens with zero attached hydrogens (tertiary/aromatic N) is 2. The molecule has 0 aliphatic rings. The highest BCUT2D eigenvalue weighted by Crippen LogP contribution is 2.21. The molecule has 0 N–H and O–H groups in total. The Labute approximate surface area is 110 Å². The van der Waals surface area contributed by atoms with Crippen molar-refractivity contribution in [2.24, 2.45) is 0 Å². The average Bonchev–Trinajstić information content (AvgIpc) is 2.90. The van der Waals surface area contributed by atoms with E-state index in [2.05, 4.69) is 4.98 Å². The number of hydrogen-bond acceptors (Lipinski definition) is 3. The zero-order valence-corrected chi connectivity index (χ0v) is 10.4. The number of carbonyl (C=O) groups is 1. The summed E-state index contributed by atoms with van der Waals surface area (Å²) in [5.74, 6) is -0.146. The molecule has 94 valence electrons. The molecule has 1 heterocycles. The van der Waals surface area contributed by atoms with Gasteiger partial charge in [0.2, 0.25) is 0 Å². The molecule has 0 atom stereocenters. The Hall–Kier alpha value is -2.62. The smallest absolute Gasteiger partial charge is 0.305 e. The summed E-state index contributed by atoms with van der Waals surface area (Å²) in [4.78, 5) is 18.0. The number of rotatable bonds is 2. The largest absolute Gasteiger partial charge is 0.423 e. The lowest BCUT2D eigenvalue weighted by Crippen LogP contribution is -2.26. The number of oxazole rings is 1. The Morgan fingerprint density at radius 1 is 1.05 bits per heavy atom. The van der Waals surface area contributed by atoms with Gasteiger partial charge < -0.3 is 4.42 Å². The fraction of sp³-hybridized carbons (Fsp3) is 0.0667. The van der Waals surface area contributed by atoms with Crippen LogP contribution in [0.3, 0.4) is 0 Å². The molecule has 4 heteroatoms. The van der Waals surface area contributed by atoms with Crippen LogP contribution in [0, 0.1) is 0 Å². The van der Waals surface area contributed by atoms with Gasteiger partial charge >= 0.3 is 6.01 Å². The lowest BCUT2D eigenvalue weighted by molar-refractivity contribution is 0.0988. The second-order valence-electron chi connectivity index (χ2n) is 4.19. The van der Waals surface area contributed by atoms with Crippen LogP contribution in [0.1, 0.15) is 10.4 Å². The van der Waals surface area contributed by atoms with Crippen molar-refractivity contribution in [3.8, 4) is 0 Å². The Morgan fingerprint density at radius 2 is 1.74 bits per heavy atom. The van der Waals surface area contributed by atoms with Gasteiger partial charge in [0.05, 0.1) is 0 Å². The molecular weight excluding hydrogens is 240 g/mol. The number of carbonyl (C=O) groups excluding carboxylic acids is 1. The molecule has 0 spiro atoms. The fourth-order valence-corrected chi connectivity index (χ4v) is 1.86. The van der Waals surface area contributed by atoms with Crippen molar-refractivity contribution in [2.75, 3.05) is 11.9 Å². The van der Waals surface area contributed by atoms with Crippen molar-refractivity contribution in [3.63, 3.8) is 0 Å². The van der Waals surface area contributed by atoms with E-state index in [4.69, 9.17) is 4.42 Å². The third kappa shape index (κ3) is 2.08. The highest BCUT2D eigenvalue weighted by molar-refractivity contribution is 6.04. The minimum Gasteiger partial charge on any atom is -0.423 e. The Balaban J connectivity index is 1.95. The molecule has 1 aromatic heterocycles. The van der Waals surface area contributed by atoms with Gasteiger partial charge in [-0.2, -0.15) is 4.98 Å². The van der Waals surface area contributed by atoms with Crippen molar-refractivity contribution in [1.82, 2.24) is 4.98 Å². The van der Waals surface area contributed by atoms with Gasteiger partial charge in [-0.3, -0.25) is 9.69 Å². The third-order valence-electron chi connectivity index (χ3n) is 2.89. The minimum atomic E-state index is -0.146. The van der Waals surface area contributed by atoms with E-state index in [1.807, 2.05) is 42.5 Å². The van der Waals surface area contributed by atoms with Crippen molar-refractivity contribution >= 4 is 23.0 Å². The highest BCUT2D eigenvalue weighted by Gasteiger charge is 2.18. The Bertz CT molecular complexity index is 686. The van der Waals surface area contributed by atoms with E-state index in [-0.39, 0.29) is 5.91 Å². The van der Waals surface area contributed by atoms with Crippen molar-refractivity contribution in [2.45, 2.75) is 0 Å². The van der Waals surface area contributed by atoms with E-state index in [0.717, 1.165) is 5.52 Å². The van der Waals surface area contributed by atoms with Crippen LogP contribution >= 0.6 is 0 Å². The van der Waals surface area contributed by atoms with E-state index in [9.17, 15) is 4.79 Å². The molecular formula is C15H12N2O2. The molecule has 0 saturated carbocycles. The molecule has 0 aliphatic carbocycles. The summed E-state index contributed by atoms with van der Waals surface area (Å²) < 4.78 is 5.57. The molecule has 0 fully saturated rings. The average molecular weight is 252 g/mol. The van der Waals surface area contributed by atoms with Crippen molar-refractivity contribution < 1.29 is 9.21 Å². The van der Waals surface area contributed by atoms with Gasteiger partial charge in [0.25, 0.3) is 5.91 Å². The van der Waals surface area contributed by atoms with E-state index in [0.29, 0.717) is 17.2 Å². The number of para-hydroxylation sites is 2. The molecule has 0 unspecified atom stereocenters. The van der Waals surface area contributed by atoms with Gasteiger partial charge in [0.1, 0.15) is 5.52 Å². The first kappa shape index (κ1) is 11.5. The monoisotopic (exact) mass is 252 g/mol. The summed E-state index contributed by atoms with van der Waals surface area (Å²) >= 11 is 0. The predicted octanol–water partition coefficient (Wildman–Crippen LogP) is 3.10. The maximum absolute atomic E-state index is 12.2. The van der Waals surface area contributed by atoms with Crippen LogP contribution in [0.5, 0.6) is 0 Å². The summed E-state index contributed by atoms with van der Waals surface area (Å²) in [7, 11) is 1.65. The molecule has 0 bridgehead atoms. The second kappa shape index (κ2) is 4.57. The highest BCUT2D eigenvalue weighted by atomic mass is 16.4. The first-order chi connectivity index (χ1) is 9.25. The van der Waals surface area contributed by atoms with Crippen LogP contribution in [0.15, 0.2) is 59.0 Å². The van der Waals surface area contributed by atoms with Gasteiger partial charge in [-0.1, -0.05) is 30.3 Å². The van der Waals surface area contributed by atoms with Gasteiger partial charge in [-0.05, 0) is 24.3 Å². The standard InChI is InChI=1S/C15H12N2O2/c1-17(14(18)11-7-3-2-4-8-11)15-16-12-9-5-6-10-13(12)19-15/h2-10H,1H3. The normalized spacial score (nSPS) is 10.6. The van der Waals surface area contributed by atoms with Gasteiger partial charge in [0, 0.05) is 12.6 Å². The van der Waals surface area contributed by atoms with Crippen molar-refractivity contribution in [3.05, 3.63) is 60.2 Å². The molecule has 0 radical (unpaired) electrons. The molecule has 0 saturated heterocycles. The number of fused-ring (bicyclic) bond motifs is 1. The summed E-state index contributed by atoms with van der Waals surface area (Å²) in [6.45, 7) is 0. The lowest BCUT2D eigenvalue weighted by atomic mass is 10.2. The zero-order valence-electron chi connectivity index (χ0n) is 10.4. The molecule has 3 rings (SSSR count). The predicted molar refractivity (Wildman–Crippen MR) is 73.2 cm³/mol. The number of benzene rings is 2. The summed E-state index contributed by atoms with van der Waals surface area (Å²) in [6, 6.07) is 16.8. The fourth-order valence-electron chi connectivity index (χ4n) is 1.86. The summed E-state index contributed by atoms with van der Waals surface area (Å²) in [5.41, 5.74) is 2.02. The van der Waals surface area contributed by atoms with Crippen molar-refractivity contribution in [1.29, 1.82) is 0 Å². The number of anilines is 1. The molecule has 0 aliphatic heterocycles. The van der Waals surface area contributed by atoms with Crippen LogP contribution in [0.4, 0.5) is 6.01 Å². The van der Waals surface area contributed by atoms with Gasteiger partial charge in [-0.25, -0.2) is 0 Å². The number of hydrogen-bond donors (Lipinski definition) is 0. The SMILES string of the molecule is CN(C(=O)c1ccccc1)c1nc2ccccc2o1. The molecule has 2 aromatic carbocycles. The summed E-state index contributed by atoms with van der Waals surface area (Å²) in [5, 5.41) is 0. The van der Waals surface area contributed by atoms with Gasteiger partial charge in [0.15, 0.2) is 5.58 Å². The van der Waals surface area contributed by atoms with Crippen LogP contribution in [0.2, 0.25) is 0 Å². The maximum atomic E-state index is 12.2. The second-order valence-corrected chi connectivity index (χ2v) is 4.19. The van der Waals surface area contributed by atoms with Crippen LogP contribution in [0.25, 0.3) is 11.1 Å². The molecule has 1 amide bonds. The quantitative estimate of drug-likeness (QED) is 0.704. The topological polar surface area (TPSA) is 46.3 Å². The molecule has 3 aromatic rings. The zero-order chi connectivity index (χ0) is 13.2. The lowest BCUT2D eigenvalue weighted by Gasteiger charge is -2.11. The number of aromatic nitrogens is 1. The van der Waals surface area contributed by atoms with Crippen LogP contribution in [-0.4, -0.2) is 17.9 Å². The van der Waals surface area contributed by atoms with Gasteiger partial charge in [-0.15, -0.1) is 0 Å². The van der Waals surface area contributed by atoms with E-state index in [1.54, 1.807) is 19.2 Å². The van der Waals surface area contributed by atoms with E-state index >= 15 is 0 Å². The Morgan fingerprint density at radius 3 is 2.47 bits per heavy atom. The summed E-state index contributed by atoms with van der Waals surface area (Å²) in [6.07, 6.45) is 0.